The van der Waals surface area contributed by atoms with E-state index in [9.17, 15) is 9.00 Å². The van der Waals surface area contributed by atoms with Gasteiger partial charge >= 0.3 is 0 Å². The molecule has 2 atom stereocenters. The standard InChI is InChI=1S/C12H16BrNO2S/c1-8-4-5-11(13)10(6-8)12(15)14-7-9(2)17(3)16/h4-6,9H,7H2,1-3H3,(H,14,15). The van der Waals surface area contributed by atoms with Crippen molar-refractivity contribution in [2.24, 2.45) is 0 Å². The van der Waals surface area contributed by atoms with Crippen molar-refractivity contribution in [3.8, 4) is 0 Å². The average molecular weight is 318 g/mol. The molecule has 0 saturated carbocycles. The van der Waals surface area contributed by atoms with Crippen LogP contribution in [0.3, 0.4) is 0 Å². The highest BCUT2D eigenvalue weighted by atomic mass is 79.9. The van der Waals surface area contributed by atoms with Gasteiger partial charge in [0.25, 0.3) is 5.91 Å². The van der Waals surface area contributed by atoms with E-state index >= 15 is 0 Å². The van der Waals surface area contributed by atoms with E-state index in [-0.39, 0.29) is 11.2 Å². The molecule has 5 heteroatoms. The fourth-order valence-electron chi connectivity index (χ4n) is 1.26. The summed E-state index contributed by atoms with van der Waals surface area (Å²) >= 11 is 3.35. The lowest BCUT2D eigenvalue weighted by atomic mass is 10.1. The summed E-state index contributed by atoms with van der Waals surface area (Å²) in [4.78, 5) is 11.9. The number of hydrogen-bond donors (Lipinski definition) is 1. The maximum atomic E-state index is 11.9. The molecule has 0 aromatic heterocycles. The summed E-state index contributed by atoms with van der Waals surface area (Å²) in [6.45, 7) is 4.21. The second-order valence-electron chi connectivity index (χ2n) is 4.00. The summed E-state index contributed by atoms with van der Waals surface area (Å²) in [5.41, 5.74) is 1.64. The zero-order valence-corrected chi connectivity index (χ0v) is 12.5. The van der Waals surface area contributed by atoms with Gasteiger partial charge in [0.1, 0.15) is 0 Å². The number of nitrogens with one attached hydrogen (secondary N) is 1. The van der Waals surface area contributed by atoms with E-state index in [1.165, 1.54) is 0 Å². The predicted octanol–water partition coefficient (Wildman–Crippen LogP) is 2.25. The van der Waals surface area contributed by atoms with Crippen LogP contribution in [0.2, 0.25) is 0 Å². The summed E-state index contributed by atoms with van der Waals surface area (Å²) in [5.74, 6) is -0.141. The van der Waals surface area contributed by atoms with Crippen molar-refractivity contribution in [1.82, 2.24) is 5.32 Å². The zero-order valence-electron chi connectivity index (χ0n) is 10.1. The molecule has 0 aliphatic rings. The maximum absolute atomic E-state index is 11.9. The van der Waals surface area contributed by atoms with Gasteiger partial charge in [-0.2, -0.15) is 0 Å². The minimum atomic E-state index is -0.919. The lowest BCUT2D eigenvalue weighted by Crippen LogP contribution is -2.32. The molecule has 1 aromatic carbocycles. The first-order valence-corrected chi connectivity index (χ1v) is 7.70. The third kappa shape index (κ3) is 4.24. The van der Waals surface area contributed by atoms with Crippen LogP contribution in [0.15, 0.2) is 22.7 Å². The summed E-state index contributed by atoms with van der Waals surface area (Å²) in [6.07, 6.45) is 1.64. The second-order valence-corrected chi connectivity index (χ2v) is 6.66. The molecular weight excluding hydrogens is 302 g/mol. The first kappa shape index (κ1) is 14.4. The molecular formula is C12H16BrNO2S. The van der Waals surface area contributed by atoms with E-state index in [2.05, 4.69) is 21.2 Å². The smallest absolute Gasteiger partial charge is 0.252 e. The number of rotatable bonds is 4. The van der Waals surface area contributed by atoms with Crippen molar-refractivity contribution in [2.45, 2.75) is 19.1 Å². The topological polar surface area (TPSA) is 46.2 Å². The van der Waals surface area contributed by atoms with Gasteiger partial charge in [-0.3, -0.25) is 9.00 Å². The molecule has 94 valence electrons. The molecule has 1 aromatic rings. The van der Waals surface area contributed by atoms with E-state index < -0.39 is 10.8 Å². The Kier molecular flexibility index (Phi) is 5.33. The Hall–Kier alpha value is -0.680. The van der Waals surface area contributed by atoms with Crippen LogP contribution in [0.4, 0.5) is 0 Å². The van der Waals surface area contributed by atoms with E-state index in [4.69, 9.17) is 0 Å². The van der Waals surface area contributed by atoms with Gasteiger partial charge in [0.2, 0.25) is 0 Å². The normalized spacial score (nSPS) is 14.1. The third-order valence-electron chi connectivity index (χ3n) is 2.48. The lowest BCUT2D eigenvalue weighted by molar-refractivity contribution is 0.0953. The van der Waals surface area contributed by atoms with Gasteiger partial charge in [-0.25, -0.2) is 0 Å². The Labute approximate surface area is 113 Å². The number of hydrogen-bond acceptors (Lipinski definition) is 2. The van der Waals surface area contributed by atoms with Gasteiger partial charge in [0, 0.05) is 33.3 Å². The first-order chi connectivity index (χ1) is 7.91. The molecule has 0 aliphatic heterocycles. The molecule has 0 fully saturated rings. The van der Waals surface area contributed by atoms with Gasteiger partial charge in [-0.1, -0.05) is 11.6 Å². The van der Waals surface area contributed by atoms with Gasteiger partial charge in [0.05, 0.1) is 5.56 Å². The molecule has 0 heterocycles. The van der Waals surface area contributed by atoms with E-state index in [1.807, 2.05) is 32.0 Å². The summed E-state index contributed by atoms with van der Waals surface area (Å²) in [5, 5.41) is 2.75. The van der Waals surface area contributed by atoms with Crippen LogP contribution in [0.1, 0.15) is 22.8 Å². The molecule has 0 aliphatic carbocycles. The molecule has 3 nitrogen and oxygen atoms in total. The minimum absolute atomic E-state index is 0.0393. The molecule has 1 amide bonds. The fraction of sp³-hybridized carbons (Fsp3) is 0.417. The van der Waals surface area contributed by atoms with Crippen molar-refractivity contribution < 1.29 is 9.00 Å². The van der Waals surface area contributed by atoms with Gasteiger partial charge in [-0.15, -0.1) is 0 Å². The van der Waals surface area contributed by atoms with Crippen LogP contribution in [0.25, 0.3) is 0 Å². The summed E-state index contributed by atoms with van der Waals surface area (Å²) in [7, 11) is -0.919. The van der Waals surface area contributed by atoms with Crippen LogP contribution in [0.5, 0.6) is 0 Å². The van der Waals surface area contributed by atoms with E-state index in [0.717, 1.165) is 10.0 Å². The predicted molar refractivity (Wildman–Crippen MR) is 74.7 cm³/mol. The third-order valence-corrected chi connectivity index (χ3v) is 4.47. The molecule has 0 spiro atoms. The Morgan fingerprint density at radius 1 is 1.53 bits per heavy atom. The van der Waals surface area contributed by atoms with Crippen molar-refractivity contribution >= 4 is 32.6 Å². The number of halogens is 1. The highest BCUT2D eigenvalue weighted by Crippen LogP contribution is 2.17. The number of aryl methyl sites for hydroxylation is 1. The lowest BCUT2D eigenvalue weighted by Gasteiger charge is -2.11. The summed E-state index contributed by atoms with van der Waals surface area (Å²) in [6, 6.07) is 5.61. The molecule has 0 radical (unpaired) electrons. The first-order valence-electron chi connectivity index (χ1n) is 5.28. The largest absolute Gasteiger partial charge is 0.351 e. The molecule has 1 N–H and O–H groups in total. The monoisotopic (exact) mass is 317 g/mol. The molecule has 0 saturated heterocycles. The van der Waals surface area contributed by atoms with Crippen LogP contribution >= 0.6 is 15.9 Å². The van der Waals surface area contributed by atoms with Crippen LogP contribution in [-0.4, -0.2) is 28.2 Å². The molecule has 17 heavy (non-hydrogen) atoms. The molecule has 1 rings (SSSR count). The van der Waals surface area contributed by atoms with Gasteiger partial charge < -0.3 is 5.32 Å². The van der Waals surface area contributed by atoms with E-state index in [0.29, 0.717) is 12.1 Å². The highest BCUT2D eigenvalue weighted by molar-refractivity contribution is 9.10. The number of amides is 1. The SMILES string of the molecule is Cc1ccc(Br)c(C(=O)NCC(C)S(C)=O)c1. The van der Waals surface area contributed by atoms with Gasteiger partial charge in [-0.05, 0) is 41.9 Å². The number of benzene rings is 1. The Bertz CT molecular complexity index is 448. The van der Waals surface area contributed by atoms with Gasteiger partial charge in [0.15, 0.2) is 0 Å². The molecule has 2 unspecified atom stereocenters. The van der Waals surface area contributed by atoms with Crippen molar-refractivity contribution in [3.63, 3.8) is 0 Å². The van der Waals surface area contributed by atoms with E-state index in [1.54, 1.807) is 6.26 Å². The Morgan fingerprint density at radius 2 is 2.18 bits per heavy atom. The second kappa shape index (κ2) is 6.31. The number of carbonyl (C=O) groups excluding carboxylic acids is 1. The average Bonchev–Trinajstić information content (AvgIpc) is 2.28. The number of carbonyl (C=O) groups is 1. The molecule has 0 bridgehead atoms. The maximum Gasteiger partial charge on any atom is 0.252 e. The highest BCUT2D eigenvalue weighted by Gasteiger charge is 2.12. The van der Waals surface area contributed by atoms with Crippen molar-refractivity contribution in [2.75, 3.05) is 12.8 Å². The van der Waals surface area contributed by atoms with Crippen molar-refractivity contribution in [1.29, 1.82) is 0 Å². The van der Waals surface area contributed by atoms with Crippen molar-refractivity contribution in [3.05, 3.63) is 33.8 Å². The zero-order chi connectivity index (χ0) is 13.0. The fourth-order valence-corrected chi connectivity index (χ4v) is 2.01. The Balaban J connectivity index is 2.70. The Morgan fingerprint density at radius 3 is 2.76 bits per heavy atom. The summed E-state index contributed by atoms with van der Waals surface area (Å²) < 4.78 is 11.9. The van der Waals surface area contributed by atoms with Crippen LogP contribution < -0.4 is 5.32 Å². The van der Waals surface area contributed by atoms with Crippen LogP contribution in [0, 0.1) is 6.92 Å². The minimum Gasteiger partial charge on any atom is -0.351 e. The quantitative estimate of drug-likeness (QED) is 0.925. The van der Waals surface area contributed by atoms with Crippen LogP contribution in [-0.2, 0) is 10.8 Å².